The summed E-state index contributed by atoms with van der Waals surface area (Å²) < 4.78 is 29.0. The number of hydrogen-bond donors (Lipinski definition) is 1. The van der Waals surface area contributed by atoms with Gasteiger partial charge in [0.2, 0.25) is 0 Å². The van der Waals surface area contributed by atoms with Crippen LogP contribution in [0.15, 0.2) is 23.2 Å². The highest BCUT2D eigenvalue weighted by Crippen LogP contribution is 2.24. The van der Waals surface area contributed by atoms with Crippen molar-refractivity contribution in [1.29, 1.82) is 0 Å². The van der Waals surface area contributed by atoms with Crippen LogP contribution in [0.3, 0.4) is 0 Å². The first-order valence-electron chi connectivity index (χ1n) is 6.61. The fraction of sp³-hybridized carbons (Fsp3) is 0.429. The lowest BCUT2D eigenvalue weighted by Gasteiger charge is -2.12. The molecule has 0 amide bonds. The lowest BCUT2D eigenvalue weighted by Crippen LogP contribution is -2.14. The van der Waals surface area contributed by atoms with Crippen molar-refractivity contribution in [1.82, 2.24) is 9.97 Å². The minimum Gasteiger partial charge on any atom is -0.497 e. The molecule has 0 radical (unpaired) electrons. The van der Waals surface area contributed by atoms with E-state index < -0.39 is 9.84 Å². The van der Waals surface area contributed by atoms with Gasteiger partial charge in [0.25, 0.3) is 0 Å². The predicted octanol–water partition coefficient (Wildman–Crippen LogP) is 2.11. The molecule has 1 N–H and O–H groups in total. The highest BCUT2D eigenvalue weighted by Gasteiger charge is 2.18. The first-order valence-corrected chi connectivity index (χ1v) is 8.50. The Hall–Kier alpha value is -1.89. The number of sulfone groups is 1. The fourth-order valence-electron chi connectivity index (χ4n) is 1.82. The normalized spacial score (nSPS) is 11.9. The molecular formula is C14H19N3O3S. The number of hydrogen-bond acceptors (Lipinski definition) is 6. The van der Waals surface area contributed by atoms with Crippen molar-refractivity contribution >= 4 is 26.7 Å². The van der Waals surface area contributed by atoms with Crippen LogP contribution in [0, 0.1) is 5.92 Å². The lowest BCUT2D eigenvalue weighted by atomic mass is 10.2. The Balaban J connectivity index is 2.60. The highest BCUT2D eigenvalue weighted by molar-refractivity contribution is 7.90. The average Bonchev–Trinajstić information content (AvgIpc) is 2.42. The molecule has 6 nitrogen and oxygen atoms in total. The van der Waals surface area contributed by atoms with E-state index in [-0.39, 0.29) is 5.03 Å². The molecule has 0 aliphatic rings. The average molecular weight is 309 g/mol. The Morgan fingerprint density at radius 2 is 1.95 bits per heavy atom. The second kappa shape index (κ2) is 5.85. The standard InChI is InChI=1S/C14H19N3O3S/c1-9(2)8-15-13-14(21(4,18)19)17-12-7-10(20-3)5-6-11(12)16-13/h5-7,9H,8H2,1-4H3,(H,15,16). The van der Waals surface area contributed by atoms with Gasteiger partial charge in [0, 0.05) is 18.9 Å². The first-order chi connectivity index (χ1) is 9.81. The van der Waals surface area contributed by atoms with Crippen LogP contribution in [0.25, 0.3) is 11.0 Å². The molecule has 0 fully saturated rings. The SMILES string of the molecule is COc1ccc2nc(NCC(C)C)c(S(C)(=O)=O)nc2c1. The Labute approximate surface area is 124 Å². The van der Waals surface area contributed by atoms with E-state index in [1.807, 2.05) is 13.8 Å². The smallest absolute Gasteiger partial charge is 0.198 e. The zero-order valence-corrected chi connectivity index (χ0v) is 13.4. The number of methoxy groups -OCH3 is 1. The molecule has 114 valence electrons. The molecule has 1 heterocycles. The first kappa shape index (κ1) is 15.5. The van der Waals surface area contributed by atoms with Crippen molar-refractivity contribution in [3.05, 3.63) is 18.2 Å². The van der Waals surface area contributed by atoms with E-state index in [2.05, 4.69) is 15.3 Å². The van der Waals surface area contributed by atoms with Gasteiger partial charge in [-0.25, -0.2) is 18.4 Å². The number of anilines is 1. The summed E-state index contributed by atoms with van der Waals surface area (Å²) in [5.74, 6) is 1.27. The van der Waals surface area contributed by atoms with Crippen LogP contribution in [0.1, 0.15) is 13.8 Å². The van der Waals surface area contributed by atoms with E-state index in [4.69, 9.17) is 4.74 Å². The minimum absolute atomic E-state index is 0.0381. The number of ether oxygens (including phenoxy) is 1. The molecular weight excluding hydrogens is 290 g/mol. The Bertz CT molecular complexity index is 757. The monoisotopic (exact) mass is 309 g/mol. The minimum atomic E-state index is -3.47. The van der Waals surface area contributed by atoms with Crippen LogP contribution < -0.4 is 10.1 Å². The highest BCUT2D eigenvalue weighted by atomic mass is 32.2. The molecule has 0 atom stereocenters. The quantitative estimate of drug-likeness (QED) is 0.911. The summed E-state index contributed by atoms with van der Waals surface area (Å²) in [6.07, 6.45) is 1.13. The van der Waals surface area contributed by atoms with Gasteiger partial charge in [0.05, 0.1) is 18.1 Å². The second-order valence-corrected chi connectivity index (χ2v) is 7.21. The molecule has 0 aliphatic carbocycles. The number of rotatable bonds is 5. The van der Waals surface area contributed by atoms with Crippen molar-refractivity contribution in [2.75, 3.05) is 25.2 Å². The number of aromatic nitrogens is 2. The fourth-order valence-corrected chi connectivity index (χ4v) is 2.55. The molecule has 0 saturated carbocycles. The second-order valence-electron chi connectivity index (χ2n) is 5.28. The molecule has 2 rings (SSSR count). The third-order valence-corrected chi connectivity index (χ3v) is 3.86. The molecule has 0 aliphatic heterocycles. The van der Waals surface area contributed by atoms with E-state index in [1.54, 1.807) is 25.3 Å². The van der Waals surface area contributed by atoms with Gasteiger partial charge in [-0.1, -0.05) is 13.8 Å². The van der Waals surface area contributed by atoms with Crippen LogP contribution in [0.5, 0.6) is 5.75 Å². The van der Waals surface area contributed by atoms with Crippen molar-refractivity contribution < 1.29 is 13.2 Å². The Kier molecular flexibility index (Phi) is 4.32. The van der Waals surface area contributed by atoms with E-state index in [9.17, 15) is 8.42 Å². The van der Waals surface area contributed by atoms with Crippen LogP contribution in [0.4, 0.5) is 5.82 Å². The third-order valence-electron chi connectivity index (χ3n) is 2.87. The van der Waals surface area contributed by atoms with E-state index >= 15 is 0 Å². The summed E-state index contributed by atoms with van der Waals surface area (Å²) in [6, 6.07) is 5.19. The summed E-state index contributed by atoms with van der Waals surface area (Å²) in [5, 5.41) is 3.02. The molecule has 0 unspecified atom stereocenters. The molecule has 1 aromatic carbocycles. The van der Waals surface area contributed by atoms with Crippen LogP contribution >= 0.6 is 0 Å². The maximum atomic E-state index is 11.9. The van der Waals surface area contributed by atoms with E-state index in [1.165, 1.54) is 0 Å². The van der Waals surface area contributed by atoms with E-state index in [0.29, 0.717) is 35.1 Å². The predicted molar refractivity (Wildman–Crippen MR) is 82.5 cm³/mol. The van der Waals surface area contributed by atoms with Gasteiger partial charge in [-0.3, -0.25) is 0 Å². The Morgan fingerprint density at radius 3 is 2.52 bits per heavy atom. The maximum absolute atomic E-state index is 11.9. The zero-order chi connectivity index (χ0) is 15.6. The summed E-state index contributed by atoms with van der Waals surface area (Å²) >= 11 is 0. The summed E-state index contributed by atoms with van der Waals surface area (Å²) in [7, 11) is -1.92. The molecule has 1 aromatic heterocycles. The van der Waals surface area contributed by atoms with Crippen LogP contribution in [-0.4, -0.2) is 38.3 Å². The Morgan fingerprint density at radius 1 is 1.24 bits per heavy atom. The topological polar surface area (TPSA) is 81.2 Å². The van der Waals surface area contributed by atoms with Gasteiger partial charge < -0.3 is 10.1 Å². The van der Waals surface area contributed by atoms with Gasteiger partial charge in [0.15, 0.2) is 20.7 Å². The van der Waals surface area contributed by atoms with Crippen LogP contribution in [0.2, 0.25) is 0 Å². The molecule has 2 aromatic rings. The maximum Gasteiger partial charge on any atom is 0.198 e. The van der Waals surface area contributed by atoms with Gasteiger partial charge in [-0.05, 0) is 18.1 Å². The van der Waals surface area contributed by atoms with Crippen molar-refractivity contribution in [2.24, 2.45) is 5.92 Å². The summed E-state index contributed by atoms with van der Waals surface area (Å²) in [6.45, 7) is 4.69. The van der Waals surface area contributed by atoms with Gasteiger partial charge in [0.1, 0.15) is 5.75 Å². The van der Waals surface area contributed by atoms with Crippen molar-refractivity contribution in [2.45, 2.75) is 18.9 Å². The molecule has 7 heteroatoms. The number of nitrogens with zero attached hydrogens (tertiary/aromatic N) is 2. The van der Waals surface area contributed by atoms with Gasteiger partial charge >= 0.3 is 0 Å². The zero-order valence-electron chi connectivity index (χ0n) is 12.5. The summed E-state index contributed by atoms with van der Waals surface area (Å²) in [5.41, 5.74) is 1.11. The van der Waals surface area contributed by atoms with Crippen molar-refractivity contribution in [3.8, 4) is 5.75 Å². The third kappa shape index (κ3) is 3.60. The van der Waals surface area contributed by atoms with E-state index in [0.717, 1.165) is 6.26 Å². The molecule has 0 bridgehead atoms. The van der Waals surface area contributed by atoms with Crippen LogP contribution in [-0.2, 0) is 9.84 Å². The number of nitrogens with one attached hydrogen (secondary N) is 1. The van der Waals surface area contributed by atoms with Crippen molar-refractivity contribution in [3.63, 3.8) is 0 Å². The molecule has 21 heavy (non-hydrogen) atoms. The molecule has 0 saturated heterocycles. The van der Waals surface area contributed by atoms with Gasteiger partial charge in [-0.15, -0.1) is 0 Å². The number of fused-ring (bicyclic) bond motifs is 1. The molecule has 0 spiro atoms. The lowest BCUT2D eigenvalue weighted by molar-refractivity contribution is 0.415. The van der Waals surface area contributed by atoms with Gasteiger partial charge in [-0.2, -0.15) is 0 Å². The number of benzene rings is 1. The largest absolute Gasteiger partial charge is 0.497 e. The summed E-state index contributed by atoms with van der Waals surface area (Å²) in [4.78, 5) is 8.62.